The second-order valence-corrected chi connectivity index (χ2v) is 9.49. The summed E-state index contributed by atoms with van der Waals surface area (Å²) in [5, 5.41) is 12.5. The molecule has 2 aromatic carbocycles. The van der Waals surface area contributed by atoms with E-state index < -0.39 is 23.3 Å². The van der Waals surface area contributed by atoms with E-state index in [0.717, 1.165) is 22.0 Å². The Balaban J connectivity index is 1.56. The summed E-state index contributed by atoms with van der Waals surface area (Å²) >= 11 is 1.33. The molecular weight excluding hydrogens is 482 g/mol. The number of carboxylic acids is 1. The smallest absolute Gasteiger partial charge is 0.326 e. The summed E-state index contributed by atoms with van der Waals surface area (Å²) in [4.78, 5) is 42.6. The van der Waals surface area contributed by atoms with Gasteiger partial charge in [0.25, 0.3) is 5.91 Å². The van der Waals surface area contributed by atoms with Crippen molar-refractivity contribution in [2.75, 3.05) is 26.5 Å². The van der Waals surface area contributed by atoms with Crippen molar-refractivity contribution in [3.8, 4) is 22.8 Å². The van der Waals surface area contributed by atoms with Gasteiger partial charge in [-0.15, -0.1) is 11.8 Å². The number of hydrogen-bond acceptors (Lipinski definition) is 7. The molecule has 0 saturated carbocycles. The molecule has 188 valence electrons. The van der Waals surface area contributed by atoms with Crippen molar-refractivity contribution < 1.29 is 29.0 Å². The Hall–Kier alpha value is -3.79. The van der Waals surface area contributed by atoms with Gasteiger partial charge in [0.15, 0.2) is 5.37 Å². The van der Waals surface area contributed by atoms with Crippen LogP contribution in [-0.2, 0) is 20.8 Å². The van der Waals surface area contributed by atoms with E-state index in [1.807, 2.05) is 42.5 Å². The van der Waals surface area contributed by atoms with Crippen LogP contribution in [0.2, 0.25) is 0 Å². The molecule has 1 aromatic heterocycles. The molecule has 0 spiro atoms. The summed E-state index contributed by atoms with van der Waals surface area (Å²) < 4.78 is 11.0. The van der Waals surface area contributed by atoms with Gasteiger partial charge in [-0.25, -0.2) is 9.78 Å². The molecule has 10 heteroatoms. The lowest BCUT2D eigenvalue weighted by atomic mass is 10.0. The highest BCUT2D eigenvalue weighted by atomic mass is 32.2. The Kier molecular flexibility index (Phi) is 7.64. The molecule has 2 atom stereocenters. The van der Waals surface area contributed by atoms with Gasteiger partial charge in [-0.2, -0.15) is 0 Å². The maximum absolute atomic E-state index is 12.7. The number of nitrogens with one attached hydrogen (secondary N) is 1. The summed E-state index contributed by atoms with van der Waals surface area (Å²) in [6.07, 6.45) is 0.0938. The Morgan fingerprint density at radius 1 is 1.14 bits per heavy atom. The summed E-state index contributed by atoms with van der Waals surface area (Å²) in [6.45, 7) is 1.87. The molecule has 2 heterocycles. The van der Waals surface area contributed by atoms with Gasteiger partial charge < -0.3 is 24.8 Å². The predicted molar refractivity (Wildman–Crippen MR) is 137 cm³/mol. The molecule has 0 bridgehead atoms. The zero-order chi connectivity index (χ0) is 25.8. The van der Waals surface area contributed by atoms with Crippen LogP contribution in [0.5, 0.6) is 11.5 Å². The lowest BCUT2D eigenvalue weighted by molar-refractivity contribution is -0.142. The van der Waals surface area contributed by atoms with Crippen LogP contribution in [0.15, 0.2) is 48.5 Å². The van der Waals surface area contributed by atoms with Gasteiger partial charge in [0.1, 0.15) is 17.5 Å². The lowest BCUT2D eigenvalue weighted by Crippen LogP contribution is -2.50. The second-order valence-electron chi connectivity index (χ2n) is 8.30. The number of benzene rings is 2. The Morgan fingerprint density at radius 2 is 1.86 bits per heavy atom. The number of aromatic nitrogens is 1. The summed E-state index contributed by atoms with van der Waals surface area (Å²) in [5.41, 5.74) is 2.89. The summed E-state index contributed by atoms with van der Waals surface area (Å²) in [5.74, 6) is 0.0911. The van der Waals surface area contributed by atoms with E-state index in [4.69, 9.17) is 14.5 Å². The number of carbonyl (C=O) groups is 3. The molecule has 0 radical (unpaired) electrons. The minimum absolute atomic E-state index is 0.0938. The molecule has 4 rings (SSSR count). The average Bonchev–Trinajstić information content (AvgIpc) is 3.38. The first kappa shape index (κ1) is 25.3. The van der Waals surface area contributed by atoms with Gasteiger partial charge in [-0.3, -0.25) is 9.59 Å². The normalized spacial score (nSPS) is 16.0. The number of methoxy groups -OCH3 is 2. The van der Waals surface area contributed by atoms with Crippen LogP contribution in [0.1, 0.15) is 12.5 Å². The molecule has 1 aliphatic heterocycles. The van der Waals surface area contributed by atoms with Crippen molar-refractivity contribution in [2.24, 2.45) is 0 Å². The predicted octanol–water partition coefficient (Wildman–Crippen LogP) is 2.95. The molecule has 1 unspecified atom stereocenters. The number of ether oxygens (including phenoxy) is 2. The number of carboxylic acid groups (broad SMARTS) is 1. The molecular formula is C26H27N3O6S. The number of hydrogen-bond donors (Lipinski definition) is 2. The number of amides is 2. The molecule has 36 heavy (non-hydrogen) atoms. The highest BCUT2D eigenvalue weighted by Crippen LogP contribution is 2.37. The van der Waals surface area contributed by atoms with Gasteiger partial charge in [-0.1, -0.05) is 18.2 Å². The molecule has 1 fully saturated rings. The lowest BCUT2D eigenvalue weighted by Gasteiger charge is -2.23. The first-order valence-corrected chi connectivity index (χ1v) is 12.4. The van der Waals surface area contributed by atoms with Crippen LogP contribution in [0.25, 0.3) is 22.2 Å². The van der Waals surface area contributed by atoms with Crippen molar-refractivity contribution in [2.45, 2.75) is 24.8 Å². The topological polar surface area (TPSA) is 118 Å². The minimum Gasteiger partial charge on any atom is -0.496 e. The van der Waals surface area contributed by atoms with Gasteiger partial charge >= 0.3 is 5.97 Å². The van der Waals surface area contributed by atoms with Crippen LogP contribution < -0.4 is 14.8 Å². The molecule has 0 aliphatic carbocycles. The zero-order valence-corrected chi connectivity index (χ0v) is 21.0. The Labute approximate surface area is 212 Å². The van der Waals surface area contributed by atoms with Crippen molar-refractivity contribution in [1.82, 2.24) is 15.2 Å². The Morgan fingerprint density at radius 3 is 2.50 bits per heavy atom. The number of thioether (sulfide) groups is 1. The first-order valence-electron chi connectivity index (χ1n) is 11.4. The van der Waals surface area contributed by atoms with Crippen molar-refractivity contribution in [1.29, 1.82) is 0 Å². The maximum atomic E-state index is 12.7. The largest absolute Gasteiger partial charge is 0.496 e. The molecule has 2 amide bonds. The van der Waals surface area contributed by atoms with E-state index in [1.165, 1.54) is 23.6 Å². The molecule has 3 aromatic rings. The fraction of sp³-hybridized carbons (Fsp3) is 0.308. The fourth-order valence-corrected chi connectivity index (χ4v) is 5.41. The van der Waals surface area contributed by atoms with E-state index in [9.17, 15) is 19.5 Å². The number of aliphatic carboxylic acids is 1. The SMILES string of the molecule is COc1cccc(OC)c1-c1ccc2cc(C[C@H](NC(=O)C3SCCN3C(C)=O)C(=O)O)ccc2n1. The van der Waals surface area contributed by atoms with E-state index in [2.05, 4.69) is 5.32 Å². The highest BCUT2D eigenvalue weighted by Gasteiger charge is 2.35. The summed E-state index contributed by atoms with van der Waals surface area (Å²) in [6, 6.07) is 13.6. The third-order valence-electron chi connectivity index (χ3n) is 6.01. The minimum atomic E-state index is -1.14. The van der Waals surface area contributed by atoms with Crippen LogP contribution in [-0.4, -0.2) is 70.7 Å². The van der Waals surface area contributed by atoms with Crippen molar-refractivity contribution >= 4 is 40.4 Å². The average molecular weight is 510 g/mol. The van der Waals surface area contributed by atoms with Crippen LogP contribution in [0, 0.1) is 0 Å². The number of pyridine rings is 1. The quantitative estimate of drug-likeness (QED) is 0.476. The molecule has 2 N–H and O–H groups in total. The third kappa shape index (κ3) is 5.23. The second kappa shape index (κ2) is 10.9. The van der Waals surface area contributed by atoms with Gasteiger partial charge in [0.05, 0.1) is 31.0 Å². The van der Waals surface area contributed by atoms with Gasteiger partial charge in [0.2, 0.25) is 5.91 Å². The highest BCUT2D eigenvalue weighted by molar-refractivity contribution is 8.00. The van der Waals surface area contributed by atoms with Crippen LogP contribution >= 0.6 is 11.8 Å². The van der Waals surface area contributed by atoms with E-state index in [1.54, 1.807) is 20.3 Å². The number of carbonyl (C=O) groups excluding carboxylic acids is 2. The standard InChI is InChI=1S/C26H27N3O6S/c1-15(30)29-11-12-36-25(29)24(31)28-20(26(32)33)14-16-7-9-18-17(13-16)8-10-19(27-18)23-21(34-2)5-4-6-22(23)35-3/h4-10,13,20,25H,11-12,14H2,1-3H3,(H,28,31)(H,32,33)/t20-,25?/m0/s1. The number of fused-ring (bicyclic) bond motifs is 1. The summed E-state index contributed by atoms with van der Waals surface area (Å²) in [7, 11) is 3.18. The molecule has 1 aliphatic rings. The van der Waals surface area contributed by atoms with E-state index >= 15 is 0 Å². The van der Waals surface area contributed by atoms with Gasteiger partial charge in [0, 0.05) is 31.0 Å². The molecule has 1 saturated heterocycles. The van der Waals surface area contributed by atoms with E-state index in [-0.39, 0.29) is 12.3 Å². The molecule has 9 nitrogen and oxygen atoms in total. The number of nitrogens with zero attached hydrogens (tertiary/aromatic N) is 2. The third-order valence-corrected chi connectivity index (χ3v) is 7.21. The van der Waals surface area contributed by atoms with Crippen LogP contribution in [0.4, 0.5) is 0 Å². The van der Waals surface area contributed by atoms with Gasteiger partial charge in [-0.05, 0) is 35.9 Å². The van der Waals surface area contributed by atoms with Crippen molar-refractivity contribution in [3.05, 3.63) is 54.1 Å². The Bertz CT molecular complexity index is 1290. The monoisotopic (exact) mass is 509 g/mol. The van der Waals surface area contributed by atoms with Crippen LogP contribution in [0.3, 0.4) is 0 Å². The number of rotatable bonds is 8. The van der Waals surface area contributed by atoms with E-state index in [0.29, 0.717) is 29.5 Å². The fourth-order valence-electron chi connectivity index (χ4n) is 4.23. The maximum Gasteiger partial charge on any atom is 0.326 e. The zero-order valence-electron chi connectivity index (χ0n) is 20.2. The van der Waals surface area contributed by atoms with Crippen molar-refractivity contribution in [3.63, 3.8) is 0 Å². The first-order chi connectivity index (χ1) is 17.3.